The van der Waals surface area contributed by atoms with E-state index >= 15 is 0 Å². The second-order valence-electron chi connectivity index (χ2n) is 7.14. The maximum atomic E-state index is 12.3. The van der Waals surface area contributed by atoms with E-state index in [1.807, 2.05) is 6.07 Å². The highest BCUT2D eigenvalue weighted by molar-refractivity contribution is 6.39. The van der Waals surface area contributed by atoms with Gasteiger partial charge in [-0.05, 0) is 47.9 Å². The highest BCUT2D eigenvalue weighted by Crippen LogP contribution is 2.33. The van der Waals surface area contributed by atoms with Gasteiger partial charge in [-0.2, -0.15) is 0 Å². The fourth-order valence-electron chi connectivity index (χ4n) is 3.02. The van der Waals surface area contributed by atoms with Gasteiger partial charge in [0.25, 0.3) is 5.91 Å². The van der Waals surface area contributed by atoms with Crippen LogP contribution < -0.4 is 10.6 Å². The van der Waals surface area contributed by atoms with Crippen molar-refractivity contribution >= 4 is 46.5 Å². The lowest BCUT2D eigenvalue weighted by Gasteiger charge is -2.14. The monoisotopic (exact) mass is 488 g/mol. The minimum atomic E-state index is -0.562. The molecular weight excluding hydrogens is 467 g/mol. The third-order valence-electron chi connectivity index (χ3n) is 4.71. The molecule has 0 fully saturated rings. The van der Waals surface area contributed by atoms with Gasteiger partial charge in [0.2, 0.25) is 0 Å². The van der Waals surface area contributed by atoms with Crippen molar-refractivity contribution in [1.82, 2.24) is 5.32 Å². The summed E-state index contributed by atoms with van der Waals surface area (Å²) in [7, 11) is 0. The van der Waals surface area contributed by atoms with E-state index in [0.29, 0.717) is 33.4 Å². The van der Waals surface area contributed by atoms with Crippen LogP contribution in [0.15, 0.2) is 60.7 Å². The van der Waals surface area contributed by atoms with Crippen molar-refractivity contribution < 1.29 is 24.5 Å². The number of esters is 1. The maximum absolute atomic E-state index is 12.3. The van der Waals surface area contributed by atoms with Gasteiger partial charge in [-0.25, -0.2) is 0 Å². The second-order valence-corrected chi connectivity index (χ2v) is 7.95. The van der Waals surface area contributed by atoms with E-state index in [9.17, 15) is 19.8 Å². The molecule has 3 aromatic rings. The lowest BCUT2D eigenvalue weighted by molar-refractivity contribution is -0.147. The molecule has 3 rings (SSSR count). The van der Waals surface area contributed by atoms with Crippen molar-refractivity contribution in [3.63, 3.8) is 0 Å². The number of ether oxygens (including phenoxy) is 1. The average molecular weight is 489 g/mol. The van der Waals surface area contributed by atoms with Crippen molar-refractivity contribution in [1.29, 1.82) is 0 Å². The number of rotatable bonds is 9. The average Bonchev–Trinajstić information content (AvgIpc) is 2.78. The van der Waals surface area contributed by atoms with E-state index < -0.39 is 18.5 Å². The Balaban J connectivity index is 1.48. The van der Waals surface area contributed by atoms with Crippen LogP contribution in [0.1, 0.15) is 11.1 Å². The molecule has 0 spiro atoms. The second kappa shape index (κ2) is 11.4. The molecule has 0 heterocycles. The highest BCUT2D eigenvalue weighted by atomic mass is 35.5. The molecule has 0 aliphatic rings. The fraction of sp³-hybridized carbons (Fsp3) is 0.167. The number of nitrogens with one attached hydrogen (secondary N) is 2. The van der Waals surface area contributed by atoms with Crippen LogP contribution in [-0.4, -0.2) is 35.2 Å². The van der Waals surface area contributed by atoms with Gasteiger partial charge in [-0.1, -0.05) is 53.5 Å². The van der Waals surface area contributed by atoms with Crippen molar-refractivity contribution in [3.8, 4) is 11.5 Å². The van der Waals surface area contributed by atoms with Crippen LogP contribution in [-0.2, 0) is 27.2 Å². The van der Waals surface area contributed by atoms with E-state index in [4.69, 9.17) is 27.9 Å². The summed E-state index contributed by atoms with van der Waals surface area (Å²) >= 11 is 12.4. The SMILES string of the molecule is O=C(COC(=O)Cc1ccccc1Nc1c(Cl)cccc1Cl)NCCc1ccc(O)c(O)c1. The minimum Gasteiger partial charge on any atom is -0.504 e. The predicted molar refractivity (Wildman–Crippen MR) is 127 cm³/mol. The molecule has 0 bridgehead atoms. The molecule has 0 saturated heterocycles. The van der Waals surface area contributed by atoms with E-state index in [1.165, 1.54) is 12.1 Å². The zero-order valence-electron chi connectivity index (χ0n) is 17.5. The number of hydrogen-bond donors (Lipinski definition) is 4. The van der Waals surface area contributed by atoms with Crippen molar-refractivity contribution in [2.45, 2.75) is 12.8 Å². The fourth-order valence-corrected chi connectivity index (χ4v) is 3.51. The van der Waals surface area contributed by atoms with Crippen molar-refractivity contribution in [3.05, 3.63) is 81.8 Å². The van der Waals surface area contributed by atoms with Crippen LogP contribution in [0.2, 0.25) is 10.0 Å². The number of para-hydroxylation sites is 2. The Morgan fingerprint density at radius 2 is 1.64 bits per heavy atom. The summed E-state index contributed by atoms with van der Waals surface area (Å²) in [5.74, 6) is -1.44. The third-order valence-corrected chi connectivity index (χ3v) is 5.34. The molecule has 1 amide bonds. The van der Waals surface area contributed by atoms with Crippen LogP contribution in [0.3, 0.4) is 0 Å². The molecule has 0 saturated carbocycles. The van der Waals surface area contributed by atoms with Gasteiger partial charge >= 0.3 is 5.97 Å². The van der Waals surface area contributed by atoms with Gasteiger partial charge in [0, 0.05) is 12.2 Å². The van der Waals surface area contributed by atoms with Crippen molar-refractivity contribution in [2.24, 2.45) is 0 Å². The topological polar surface area (TPSA) is 108 Å². The van der Waals surface area contributed by atoms with Crippen LogP contribution in [0, 0.1) is 0 Å². The number of aromatic hydroxyl groups is 2. The molecule has 3 aromatic carbocycles. The summed E-state index contributed by atoms with van der Waals surface area (Å²) in [6, 6.07) is 16.7. The first-order valence-corrected chi connectivity index (χ1v) is 10.8. The normalized spacial score (nSPS) is 10.5. The number of anilines is 2. The standard InChI is InChI=1S/C24H22Cl2N2O5/c25-17-5-3-6-18(26)24(17)28-19-7-2-1-4-16(19)13-23(32)33-14-22(31)27-11-10-15-8-9-20(29)21(30)12-15/h1-9,12,28-30H,10-11,13-14H2,(H,27,31). The molecule has 33 heavy (non-hydrogen) atoms. The molecule has 0 atom stereocenters. The Hall–Kier alpha value is -3.42. The van der Waals surface area contributed by atoms with E-state index in [-0.39, 0.29) is 24.5 Å². The summed E-state index contributed by atoms with van der Waals surface area (Å²) in [6.45, 7) is -0.127. The van der Waals surface area contributed by atoms with Gasteiger partial charge in [0.15, 0.2) is 18.1 Å². The molecule has 0 aliphatic heterocycles. The Morgan fingerprint density at radius 1 is 0.909 bits per heavy atom. The molecule has 172 valence electrons. The molecule has 0 unspecified atom stereocenters. The molecule has 0 radical (unpaired) electrons. The number of carbonyl (C=O) groups excluding carboxylic acids is 2. The Labute approximate surface area is 200 Å². The third kappa shape index (κ3) is 7.03. The van der Waals surface area contributed by atoms with Crippen LogP contribution in [0.5, 0.6) is 11.5 Å². The number of phenolic OH excluding ortho intramolecular Hbond substituents is 2. The molecule has 9 heteroatoms. The van der Waals surface area contributed by atoms with Crippen LogP contribution >= 0.6 is 23.2 Å². The smallest absolute Gasteiger partial charge is 0.310 e. The van der Waals surface area contributed by atoms with Crippen molar-refractivity contribution in [2.75, 3.05) is 18.5 Å². The number of halogens is 2. The Kier molecular flexibility index (Phi) is 8.40. The molecule has 4 N–H and O–H groups in total. The lowest BCUT2D eigenvalue weighted by atomic mass is 10.1. The molecule has 7 nitrogen and oxygen atoms in total. The van der Waals surface area contributed by atoms with E-state index in [1.54, 1.807) is 42.5 Å². The van der Waals surface area contributed by atoms with Crippen LogP contribution in [0.25, 0.3) is 0 Å². The van der Waals surface area contributed by atoms with Gasteiger partial charge in [0.1, 0.15) is 0 Å². The number of hydrogen-bond acceptors (Lipinski definition) is 6. The number of benzene rings is 3. The highest BCUT2D eigenvalue weighted by Gasteiger charge is 2.13. The summed E-state index contributed by atoms with van der Waals surface area (Å²) in [5, 5.41) is 25.5. The summed E-state index contributed by atoms with van der Waals surface area (Å²) < 4.78 is 5.09. The predicted octanol–water partition coefficient (Wildman–Crippen LogP) is 4.59. The number of phenols is 2. The first-order chi connectivity index (χ1) is 15.8. The lowest BCUT2D eigenvalue weighted by Crippen LogP contribution is -2.30. The zero-order valence-corrected chi connectivity index (χ0v) is 19.0. The number of amides is 1. The first-order valence-electron chi connectivity index (χ1n) is 10.1. The van der Waals surface area contributed by atoms with E-state index in [2.05, 4.69) is 10.6 Å². The quantitative estimate of drug-likeness (QED) is 0.259. The van der Waals surface area contributed by atoms with Gasteiger partial charge in [-0.15, -0.1) is 0 Å². The molecular formula is C24H22Cl2N2O5. The Morgan fingerprint density at radius 3 is 2.36 bits per heavy atom. The maximum Gasteiger partial charge on any atom is 0.310 e. The summed E-state index contributed by atoms with van der Waals surface area (Å²) in [4.78, 5) is 24.3. The van der Waals surface area contributed by atoms with Gasteiger partial charge in [-0.3, -0.25) is 9.59 Å². The van der Waals surface area contributed by atoms with Gasteiger partial charge in [0.05, 0.1) is 22.2 Å². The summed E-state index contributed by atoms with van der Waals surface area (Å²) in [5.41, 5.74) is 2.57. The van der Waals surface area contributed by atoms with Gasteiger partial charge < -0.3 is 25.6 Å². The van der Waals surface area contributed by atoms with Crippen LogP contribution in [0.4, 0.5) is 11.4 Å². The first kappa shape index (κ1) is 24.2. The molecule has 0 aliphatic carbocycles. The molecule has 0 aromatic heterocycles. The Bertz CT molecular complexity index is 1130. The number of carbonyl (C=O) groups is 2. The zero-order chi connectivity index (χ0) is 23.8. The largest absolute Gasteiger partial charge is 0.504 e. The van der Waals surface area contributed by atoms with E-state index in [0.717, 1.165) is 5.56 Å². The summed E-state index contributed by atoms with van der Waals surface area (Å²) in [6.07, 6.45) is 0.391. The minimum absolute atomic E-state index is 0.0503.